The van der Waals surface area contributed by atoms with E-state index >= 15 is 0 Å². The van der Waals surface area contributed by atoms with Crippen LogP contribution in [-0.4, -0.2) is 22.9 Å². The van der Waals surface area contributed by atoms with Gasteiger partial charge in [-0.2, -0.15) is 0 Å². The van der Waals surface area contributed by atoms with E-state index in [9.17, 15) is 4.79 Å². The quantitative estimate of drug-likeness (QED) is 0.580. The number of piperidine rings is 1. The number of rotatable bonds is 1. The SMILES string of the molecule is C=C[C@H]1CC[C@H]2[C@@H]3CC[C@@H](C3)C(=O)N12. The summed E-state index contributed by atoms with van der Waals surface area (Å²) < 4.78 is 0. The summed E-state index contributed by atoms with van der Waals surface area (Å²) in [5.41, 5.74) is 0. The molecule has 2 bridgehead atoms. The van der Waals surface area contributed by atoms with Crippen molar-refractivity contribution in [3.05, 3.63) is 12.7 Å². The second-order valence-electron chi connectivity index (χ2n) is 4.96. The number of carbonyl (C=O) groups excluding carboxylic acids is 1. The number of nitrogens with zero attached hydrogens (tertiary/aromatic N) is 1. The van der Waals surface area contributed by atoms with Crippen molar-refractivity contribution < 1.29 is 4.79 Å². The fraction of sp³-hybridized carbons (Fsp3) is 0.750. The molecule has 1 amide bonds. The highest BCUT2D eigenvalue weighted by atomic mass is 16.2. The highest BCUT2D eigenvalue weighted by Gasteiger charge is 2.49. The molecule has 3 rings (SSSR count). The van der Waals surface area contributed by atoms with Gasteiger partial charge in [0, 0.05) is 12.0 Å². The molecule has 1 aliphatic carbocycles. The average molecular weight is 191 g/mol. The fourth-order valence-electron chi connectivity index (χ4n) is 3.69. The molecule has 76 valence electrons. The largest absolute Gasteiger partial charge is 0.333 e. The molecular formula is C12H17NO. The third-order valence-corrected chi connectivity index (χ3v) is 4.37. The van der Waals surface area contributed by atoms with E-state index in [-0.39, 0.29) is 0 Å². The second kappa shape index (κ2) is 2.85. The molecule has 0 spiro atoms. The molecule has 2 aliphatic heterocycles. The van der Waals surface area contributed by atoms with Gasteiger partial charge in [0.05, 0.1) is 6.04 Å². The van der Waals surface area contributed by atoms with Crippen LogP contribution in [0.25, 0.3) is 0 Å². The first-order valence-corrected chi connectivity index (χ1v) is 5.76. The van der Waals surface area contributed by atoms with Gasteiger partial charge in [0.1, 0.15) is 0 Å². The highest BCUT2D eigenvalue weighted by molar-refractivity contribution is 5.81. The van der Waals surface area contributed by atoms with Gasteiger partial charge in [0.25, 0.3) is 0 Å². The molecule has 0 N–H and O–H groups in total. The predicted octanol–water partition coefficient (Wildman–Crippen LogP) is 1.96. The molecule has 2 heteroatoms. The molecule has 2 saturated heterocycles. The van der Waals surface area contributed by atoms with Crippen LogP contribution in [0.4, 0.5) is 0 Å². The van der Waals surface area contributed by atoms with Crippen molar-refractivity contribution in [2.24, 2.45) is 11.8 Å². The number of amides is 1. The molecule has 14 heavy (non-hydrogen) atoms. The lowest BCUT2D eigenvalue weighted by molar-refractivity contribution is -0.141. The van der Waals surface area contributed by atoms with Gasteiger partial charge in [-0.05, 0) is 38.0 Å². The normalized spacial score (nSPS) is 45.4. The van der Waals surface area contributed by atoms with Gasteiger partial charge in [-0.15, -0.1) is 6.58 Å². The van der Waals surface area contributed by atoms with Crippen molar-refractivity contribution in [1.82, 2.24) is 4.90 Å². The zero-order valence-electron chi connectivity index (χ0n) is 8.48. The van der Waals surface area contributed by atoms with Crippen molar-refractivity contribution in [3.8, 4) is 0 Å². The van der Waals surface area contributed by atoms with Gasteiger partial charge in [-0.3, -0.25) is 4.79 Å². The molecule has 1 saturated carbocycles. The van der Waals surface area contributed by atoms with Crippen molar-refractivity contribution in [1.29, 1.82) is 0 Å². The van der Waals surface area contributed by atoms with Gasteiger partial charge in [0.2, 0.25) is 5.91 Å². The van der Waals surface area contributed by atoms with Crippen molar-refractivity contribution in [2.75, 3.05) is 0 Å². The van der Waals surface area contributed by atoms with Gasteiger partial charge in [0.15, 0.2) is 0 Å². The summed E-state index contributed by atoms with van der Waals surface area (Å²) in [5.74, 6) is 1.59. The average Bonchev–Trinajstić information content (AvgIpc) is 2.80. The van der Waals surface area contributed by atoms with Crippen LogP contribution < -0.4 is 0 Å². The molecule has 0 unspecified atom stereocenters. The third-order valence-electron chi connectivity index (χ3n) is 4.37. The molecule has 4 atom stereocenters. The minimum Gasteiger partial charge on any atom is -0.333 e. The fourth-order valence-corrected chi connectivity index (χ4v) is 3.69. The molecule has 3 aliphatic rings. The Bertz CT molecular complexity index is 286. The predicted molar refractivity (Wildman–Crippen MR) is 54.7 cm³/mol. The summed E-state index contributed by atoms with van der Waals surface area (Å²) in [4.78, 5) is 14.3. The summed E-state index contributed by atoms with van der Waals surface area (Å²) in [6, 6.07) is 0.903. The lowest BCUT2D eigenvalue weighted by Crippen LogP contribution is -2.48. The highest BCUT2D eigenvalue weighted by Crippen LogP contribution is 2.46. The molecule has 2 nitrogen and oxygen atoms in total. The van der Waals surface area contributed by atoms with E-state index in [0.717, 1.165) is 18.8 Å². The molecular weight excluding hydrogens is 174 g/mol. The van der Waals surface area contributed by atoms with Gasteiger partial charge in [-0.25, -0.2) is 0 Å². The molecule has 0 radical (unpaired) electrons. The van der Waals surface area contributed by atoms with Gasteiger partial charge >= 0.3 is 0 Å². The van der Waals surface area contributed by atoms with Crippen LogP contribution in [0.5, 0.6) is 0 Å². The van der Waals surface area contributed by atoms with Crippen LogP contribution in [0, 0.1) is 11.8 Å². The van der Waals surface area contributed by atoms with Crippen molar-refractivity contribution >= 4 is 5.91 Å². The van der Waals surface area contributed by atoms with Gasteiger partial charge in [-0.1, -0.05) is 6.08 Å². The standard InChI is InChI=1S/C12H17NO/c1-2-10-5-6-11-8-3-4-9(7-8)12(14)13(10)11/h2,8-11H,1,3-7H2/t8-,9+,10+,11+/m1/s1. The minimum atomic E-state index is 0.343. The summed E-state index contributed by atoms with van der Waals surface area (Å²) >= 11 is 0. The zero-order valence-corrected chi connectivity index (χ0v) is 8.48. The Balaban J connectivity index is 1.94. The number of fused-ring (bicyclic) bond motifs is 4. The Morgan fingerprint density at radius 3 is 2.93 bits per heavy atom. The van der Waals surface area contributed by atoms with Crippen LogP contribution in [0.3, 0.4) is 0 Å². The second-order valence-corrected chi connectivity index (χ2v) is 4.96. The van der Waals surface area contributed by atoms with Crippen LogP contribution in [0.15, 0.2) is 12.7 Å². The van der Waals surface area contributed by atoms with E-state index in [1.807, 2.05) is 6.08 Å². The topological polar surface area (TPSA) is 20.3 Å². The van der Waals surface area contributed by atoms with Crippen LogP contribution >= 0.6 is 0 Å². The first kappa shape index (κ1) is 8.51. The monoisotopic (exact) mass is 191 g/mol. The summed E-state index contributed by atoms with van der Waals surface area (Å²) in [6.07, 6.45) is 7.90. The van der Waals surface area contributed by atoms with E-state index in [0.29, 0.717) is 23.9 Å². The van der Waals surface area contributed by atoms with Crippen LogP contribution in [0.1, 0.15) is 32.1 Å². The Morgan fingerprint density at radius 1 is 1.29 bits per heavy atom. The maximum Gasteiger partial charge on any atom is 0.226 e. The Labute approximate surface area is 85.0 Å². The maximum absolute atomic E-state index is 12.1. The van der Waals surface area contributed by atoms with E-state index < -0.39 is 0 Å². The van der Waals surface area contributed by atoms with E-state index in [1.54, 1.807) is 0 Å². The molecule has 3 fully saturated rings. The smallest absolute Gasteiger partial charge is 0.226 e. The van der Waals surface area contributed by atoms with Crippen LogP contribution in [-0.2, 0) is 4.79 Å². The van der Waals surface area contributed by atoms with Crippen molar-refractivity contribution in [3.63, 3.8) is 0 Å². The molecule has 2 heterocycles. The summed E-state index contributed by atoms with van der Waals surface area (Å²) in [5, 5.41) is 0. The number of hydrogen-bond acceptors (Lipinski definition) is 1. The lowest BCUT2D eigenvalue weighted by atomic mass is 9.90. The zero-order chi connectivity index (χ0) is 9.71. The van der Waals surface area contributed by atoms with E-state index in [1.165, 1.54) is 19.3 Å². The van der Waals surface area contributed by atoms with Crippen LogP contribution in [0.2, 0.25) is 0 Å². The Morgan fingerprint density at radius 2 is 2.14 bits per heavy atom. The van der Waals surface area contributed by atoms with Gasteiger partial charge < -0.3 is 4.90 Å². The Hall–Kier alpha value is -0.790. The van der Waals surface area contributed by atoms with Crippen molar-refractivity contribution in [2.45, 2.75) is 44.2 Å². The molecule has 0 aromatic heterocycles. The molecule has 0 aromatic rings. The first-order chi connectivity index (χ1) is 6.81. The summed E-state index contributed by atoms with van der Waals surface area (Å²) in [7, 11) is 0. The Kier molecular flexibility index (Phi) is 1.73. The number of hydrogen-bond donors (Lipinski definition) is 0. The number of carbonyl (C=O) groups is 1. The lowest BCUT2D eigenvalue weighted by Gasteiger charge is -2.37. The van der Waals surface area contributed by atoms with E-state index in [4.69, 9.17) is 0 Å². The van der Waals surface area contributed by atoms with E-state index in [2.05, 4.69) is 11.5 Å². The maximum atomic E-state index is 12.1. The first-order valence-electron chi connectivity index (χ1n) is 5.76. The summed E-state index contributed by atoms with van der Waals surface area (Å²) in [6.45, 7) is 3.84. The minimum absolute atomic E-state index is 0.343. The third kappa shape index (κ3) is 0.943. The molecule has 0 aromatic carbocycles.